The molecular formula is C19H19NO3. The molecule has 0 bridgehead atoms. The second-order valence-corrected chi connectivity index (χ2v) is 5.42. The predicted molar refractivity (Wildman–Crippen MR) is 87.6 cm³/mol. The van der Waals surface area contributed by atoms with Gasteiger partial charge in [0.25, 0.3) is 5.91 Å². The van der Waals surface area contributed by atoms with Gasteiger partial charge in [-0.1, -0.05) is 42.5 Å². The van der Waals surface area contributed by atoms with Crippen LogP contribution < -0.4 is 4.74 Å². The minimum Gasteiger partial charge on any atom is -0.496 e. The number of benzene rings is 2. The number of amides is 1. The first kappa shape index (κ1) is 15.2. The van der Waals surface area contributed by atoms with Crippen LogP contribution in [0.1, 0.15) is 24.3 Å². The summed E-state index contributed by atoms with van der Waals surface area (Å²) in [6.45, 7) is 2.27. The van der Waals surface area contributed by atoms with Gasteiger partial charge in [-0.2, -0.15) is 0 Å². The summed E-state index contributed by atoms with van der Waals surface area (Å²) < 4.78 is 11.4. The molecule has 1 aliphatic heterocycles. The normalized spacial score (nSPS) is 17.5. The molecule has 2 aromatic rings. The van der Waals surface area contributed by atoms with Crippen molar-refractivity contribution in [2.45, 2.75) is 19.7 Å². The molecule has 4 nitrogen and oxygen atoms in total. The molecule has 0 saturated heterocycles. The summed E-state index contributed by atoms with van der Waals surface area (Å²) in [6, 6.07) is 17.5. The number of carbonyl (C=O) groups excluding carboxylic acids is 1. The van der Waals surface area contributed by atoms with Crippen molar-refractivity contribution in [1.82, 2.24) is 4.90 Å². The van der Waals surface area contributed by atoms with E-state index in [4.69, 9.17) is 9.47 Å². The first-order chi connectivity index (χ1) is 11.2. The fourth-order valence-corrected chi connectivity index (χ4v) is 2.69. The number of methoxy groups -OCH3 is 1. The molecule has 118 valence electrons. The van der Waals surface area contributed by atoms with Gasteiger partial charge in [-0.15, -0.1) is 0 Å². The SMILES string of the molecule is COc1ccccc1C1OC(C)=CC(=O)N1Cc1ccccc1. The summed E-state index contributed by atoms with van der Waals surface area (Å²) in [5.74, 6) is 1.25. The quantitative estimate of drug-likeness (QED) is 0.865. The lowest BCUT2D eigenvalue weighted by molar-refractivity contribution is -0.144. The van der Waals surface area contributed by atoms with Crippen molar-refractivity contribution < 1.29 is 14.3 Å². The molecule has 1 aliphatic rings. The Hall–Kier alpha value is -2.75. The van der Waals surface area contributed by atoms with Gasteiger partial charge in [0.1, 0.15) is 11.5 Å². The summed E-state index contributed by atoms with van der Waals surface area (Å²) in [7, 11) is 1.62. The fourth-order valence-electron chi connectivity index (χ4n) is 2.69. The highest BCUT2D eigenvalue weighted by Gasteiger charge is 2.31. The summed E-state index contributed by atoms with van der Waals surface area (Å²) in [5.41, 5.74) is 1.89. The standard InChI is InChI=1S/C19H19NO3/c1-14-12-18(21)20(13-15-8-4-3-5-9-15)19(23-14)16-10-6-7-11-17(16)22-2/h3-12,19H,13H2,1-2H3. The molecule has 0 aliphatic carbocycles. The highest BCUT2D eigenvalue weighted by Crippen LogP contribution is 2.35. The maximum atomic E-state index is 12.5. The third-order valence-electron chi connectivity index (χ3n) is 3.79. The predicted octanol–water partition coefficient (Wildman–Crippen LogP) is 3.66. The van der Waals surface area contributed by atoms with E-state index in [1.165, 1.54) is 6.08 Å². The van der Waals surface area contributed by atoms with Gasteiger partial charge in [0, 0.05) is 12.6 Å². The Balaban J connectivity index is 1.98. The van der Waals surface area contributed by atoms with E-state index in [0.29, 0.717) is 18.1 Å². The van der Waals surface area contributed by atoms with Crippen LogP contribution >= 0.6 is 0 Å². The molecule has 3 rings (SSSR count). The largest absolute Gasteiger partial charge is 0.496 e. The maximum Gasteiger partial charge on any atom is 0.253 e. The molecule has 0 aromatic heterocycles. The minimum atomic E-state index is -0.496. The lowest BCUT2D eigenvalue weighted by Crippen LogP contribution is -2.37. The van der Waals surface area contributed by atoms with Crippen LogP contribution in [0.3, 0.4) is 0 Å². The Morgan fingerprint density at radius 1 is 1.09 bits per heavy atom. The molecule has 1 heterocycles. The van der Waals surface area contributed by atoms with Gasteiger partial charge in [0.2, 0.25) is 6.23 Å². The van der Waals surface area contributed by atoms with Crippen molar-refractivity contribution in [1.29, 1.82) is 0 Å². The Morgan fingerprint density at radius 3 is 2.52 bits per heavy atom. The van der Waals surface area contributed by atoms with Crippen molar-refractivity contribution in [2.24, 2.45) is 0 Å². The monoisotopic (exact) mass is 309 g/mol. The first-order valence-electron chi connectivity index (χ1n) is 7.51. The van der Waals surface area contributed by atoms with Crippen LogP contribution in [-0.4, -0.2) is 17.9 Å². The third kappa shape index (κ3) is 3.21. The molecule has 2 aromatic carbocycles. The van der Waals surface area contributed by atoms with Crippen LogP contribution in [-0.2, 0) is 16.1 Å². The lowest BCUT2D eigenvalue weighted by atomic mass is 10.1. The van der Waals surface area contributed by atoms with E-state index >= 15 is 0 Å². The zero-order chi connectivity index (χ0) is 16.2. The van der Waals surface area contributed by atoms with Gasteiger partial charge in [-0.05, 0) is 24.6 Å². The Bertz CT molecular complexity index is 724. The lowest BCUT2D eigenvalue weighted by Gasteiger charge is -2.35. The molecule has 1 amide bonds. The second kappa shape index (κ2) is 6.57. The molecule has 0 fully saturated rings. The Morgan fingerprint density at radius 2 is 1.78 bits per heavy atom. The third-order valence-corrected chi connectivity index (χ3v) is 3.79. The summed E-state index contributed by atoms with van der Waals surface area (Å²) in [5, 5.41) is 0. The van der Waals surface area contributed by atoms with Crippen molar-refractivity contribution in [2.75, 3.05) is 7.11 Å². The van der Waals surface area contributed by atoms with Gasteiger partial charge >= 0.3 is 0 Å². The molecule has 0 saturated carbocycles. The Labute approximate surface area is 135 Å². The van der Waals surface area contributed by atoms with E-state index in [1.807, 2.05) is 54.6 Å². The van der Waals surface area contributed by atoms with Gasteiger partial charge in [-0.25, -0.2) is 0 Å². The van der Waals surface area contributed by atoms with E-state index < -0.39 is 6.23 Å². The van der Waals surface area contributed by atoms with E-state index in [0.717, 1.165) is 11.1 Å². The van der Waals surface area contributed by atoms with E-state index in [9.17, 15) is 4.79 Å². The summed E-state index contributed by atoms with van der Waals surface area (Å²) in [6.07, 6.45) is 1.03. The minimum absolute atomic E-state index is 0.0616. The zero-order valence-electron chi connectivity index (χ0n) is 13.2. The van der Waals surface area contributed by atoms with Gasteiger partial charge < -0.3 is 9.47 Å². The second-order valence-electron chi connectivity index (χ2n) is 5.42. The average molecular weight is 309 g/mol. The number of ether oxygens (including phenoxy) is 2. The number of nitrogens with zero attached hydrogens (tertiary/aromatic N) is 1. The number of hydrogen-bond acceptors (Lipinski definition) is 3. The van der Waals surface area contributed by atoms with Gasteiger partial charge in [0.05, 0.1) is 12.7 Å². The van der Waals surface area contributed by atoms with Crippen LogP contribution in [0.25, 0.3) is 0 Å². The zero-order valence-corrected chi connectivity index (χ0v) is 13.2. The van der Waals surface area contributed by atoms with Crippen LogP contribution in [0.4, 0.5) is 0 Å². The molecular weight excluding hydrogens is 290 g/mol. The molecule has 0 radical (unpaired) electrons. The average Bonchev–Trinajstić information content (AvgIpc) is 2.58. The molecule has 23 heavy (non-hydrogen) atoms. The molecule has 4 heteroatoms. The number of allylic oxidation sites excluding steroid dienone is 1. The number of hydrogen-bond donors (Lipinski definition) is 0. The van der Waals surface area contributed by atoms with Crippen molar-refractivity contribution in [3.63, 3.8) is 0 Å². The van der Waals surface area contributed by atoms with E-state index in [2.05, 4.69) is 0 Å². The molecule has 0 N–H and O–H groups in total. The first-order valence-corrected chi connectivity index (χ1v) is 7.51. The van der Waals surface area contributed by atoms with Crippen LogP contribution in [0.2, 0.25) is 0 Å². The van der Waals surface area contributed by atoms with Crippen LogP contribution in [0.15, 0.2) is 66.4 Å². The molecule has 1 atom stereocenters. The topological polar surface area (TPSA) is 38.8 Å². The number of rotatable bonds is 4. The van der Waals surface area contributed by atoms with Crippen LogP contribution in [0, 0.1) is 0 Å². The smallest absolute Gasteiger partial charge is 0.253 e. The van der Waals surface area contributed by atoms with Crippen molar-refractivity contribution >= 4 is 5.91 Å². The highest BCUT2D eigenvalue weighted by molar-refractivity contribution is 5.89. The molecule has 1 unspecified atom stereocenters. The number of para-hydroxylation sites is 1. The Kier molecular flexibility index (Phi) is 4.33. The van der Waals surface area contributed by atoms with Crippen molar-refractivity contribution in [3.05, 3.63) is 77.6 Å². The van der Waals surface area contributed by atoms with Crippen molar-refractivity contribution in [3.8, 4) is 5.75 Å². The van der Waals surface area contributed by atoms with Gasteiger partial charge in [0.15, 0.2) is 0 Å². The number of carbonyl (C=O) groups is 1. The summed E-state index contributed by atoms with van der Waals surface area (Å²) in [4.78, 5) is 14.2. The molecule has 0 spiro atoms. The maximum absolute atomic E-state index is 12.5. The summed E-state index contributed by atoms with van der Waals surface area (Å²) >= 11 is 0. The highest BCUT2D eigenvalue weighted by atomic mass is 16.5. The van der Waals surface area contributed by atoms with E-state index in [1.54, 1.807) is 18.9 Å². The van der Waals surface area contributed by atoms with Gasteiger partial charge in [-0.3, -0.25) is 9.69 Å². The fraction of sp³-hybridized carbons (Fsp3) is 0.211. The van der Waals surface area contributed by atoms with Crippen LogP contribution in [0.5, 0.6) is 5.75 Å². The van der Waals surface area contributed by atoms with E-state index in [-0.39, 0.29) is 5.91 Å².